The van der Waals surface area contributed by atoms with E-state index in [4.69, 9.17) is 9.47 Å². The van der Waals surface area contributed by atoms with Gasteiger partial charge in [-0.25, -0.2) is 14.5 Å². The van der Waals surface area contributed by atoms with Crippen molar-refractivity contribution >= 4 is 12.1 Å². The number of carbonyl (C=O) groups excluding carboxylic acids is 2. The molecule has 7 nitrogen and oxygen atoms in total. The third-order valence-corrected chi connectivity index (χ3v) is 2.74. The molecule has 1 aromatic carbocycles. The van der Waals surface area contributed by atoms with Gasteiger partial charge in [-0.1, -0.05) is 26.7 Å². The predicted molar refractivity (Wildman–Crippen MR) is 80.7 cm³/mol. The molecule has 0 atom stereocenters. The lowest BCUT2D eigenvalue weighted by Gasteiger charge is -2.05. The van der Waals surface area contributed by atoms with Gasteiger partial charge in [-0.05, 0) is 37.1 Å². The highest BCUT2D eigenvalue weighted by Crippen LogP contribution is 2.13. The van der Waals surface area contributed by atoms with Crippen molar-refractivity contribution < 1.29 is 33.9 Å². The smallest absolute Gasteiger partial charge is 0.494 e. The van der Waals surface area contributed by atoms with Crippen molar-refractivity contribution in [3.63, 3.8) is 0 Å². The van der Waals surface area contributed by atoms with Crippen LogP contribution in [0.3, 0.4) is 0 Å². The lowest BCUT2D eigenvalue weighted by Crippen LogP contribution is -2.12. The molecule has 0 spiro atoms. The highest BCUT2D eigenvalue weighted by molar-refractivity contribution is 5.89. The minimum absolute atomic E-state index is 0.225. The number of carbonyl (C=O) groups is 2. The van der Waals surface area contributed by atoms with E-state index < -0.39 is 12.1 Å². The molecule has 0 fully saturated rings. The highest BCUT2D eigenvalue weighted by atomic mass is 17.5. The van der Waals surface area contributed by atoms with Crippen LogP contribution in [-0.4, -0.2) is 25.3 Å². The van der Waals surface area contributed by atoms with E-state index in [1.807, 2.05) is 13.8 Å². The number of hydrogen-bond donors (Lipinski definition) is 0. The summed E-state index contributed by atoms with van der Waals surface area (Å²) in [6.07, 6.45) is 2.52. The van der Waals surface area contributed by atoms with Gasteiger partial charge >= 0.3 is 12.1 Å². The van der Waals surface area contributed by atoms with Crippen molar-refractivity contribution in [2.75, 3.05) is 13.2 Å². The normalized spacial score (nSPS) is 10.0. The number of ether oxygens (including phenoxy) is 2. The molecular formula is C16H22O7. The van der Waals surface area contributed by atoms with Crippen LogP contribution < -0.4 is 4.74 Å². The molecule has 128 valence electrons. The Kier molecular flexibility index (Phi) is 9.23. The van der Waals surface area contributed by atoms with E-state index in [1.165, 1.54) is 12.1 Å². The van der Waals surface area contributed by atoms with E-state index in [-0.39, 0.29) is 12.2 Å². The standard InChI is InChI=1S/C16H22O7/c1-3-5-6-12-20-16(18)22-23-21-15(17)13-7-9-14(10-8-13)19-11-4-2/h7-10H,3-6,11-12H2,1-2H3. The van der Waals surface area contributed by atoms with Crippen molar-refractivity contribution in [3.8, 4) is 5.75 Å². The number of hydrogen-bond acceptors (Lipinski definition) is 7. The van der Waals surface area contributed by atoms with Crippen LogP contribution in [-0.2, 0) is 19.6 Å². The molecule has 0 heterocycles. The Morgan fingerprint density at radius 2 is 1.65 bits per heavy atom. The van der Waals surface area contributed by atoms with Crippen LogP contribution in [0.5, 0.6) is 5.75 Å². The maximum atomic E-state index is 11.6. The monoisotopic (exact) mass is 326 g/mol. The van der Waals surface area contributed by atoms with E-state index in [2.05, 4.69) is 14.8 Å². The van der Waals surface area contributed by atoms with Gasteiger partial charge in [0.2, 0.25) is 0 Å². The van der Waals surface area contributed by atoms with E-state index >= 15 is 0 Å². The highest BCUT2D eigenvalue weighted by Gasteiger charge is 2.12. The molecule has 1 rings (SSSR count). The minimum Gasteiger partial charge on any atom is -0.494 e. The predicted octanol–water partition coefficient (Wildman–Crippen LogP) is 3.82. The third-order valence-electron chi connectivity index (χ3n) is 2.74. The summed E-state index contributed by atoms with van der Waals surface area (Å²) in [5, 5.41) is 4.11. The zero-order valence-electron chi connectivity index (χ0n) is 13.4. The van der Waals surface area contributed by atoms with E-state index in [0.29, 0.717) is 12.4 Å². The SMILES string of the molecule is CCCCCOC(=O)OOOC(=O)c1ccc(OCCC)cc1. The third kappa shape index (κ3) is 8.06. The Morgan fingerprint density at radius 1 is 0.913 bits per heavy atom. The Morgan fingerprint density at radius 3 is 2.30 bits per heavy atom. The van der Waals surface area contributed by atoms with Crippen molar-refractivity contribution in [1.29, 1.82) is 0 Å². The van der Waals surface area contributed by atoms with E-state index in [9.17, 15) is 9.59 Å². The molecule has 0 aromatic heterocycles. The summed E-state index contributed by atoms with van der Waals surface area (Å²) in [5.41, 5.74) is 0.230. The number of benzene rings is 1. The first-order chi connectivity index (χ1) is 11.2. The van der Waals surface area contributed by atoms with E-state index in [0.717, 1.165) is 25.7 Å². The fourth-order valence-electron chi connectivity index (χ4n) is 1.56. The molecule has 0 N–H and O–H groups in total. The summed E-state index contributed by atoms with van der Waals surface area (Å²) in [5.74, 6) is -0.151. The fourth-order valence-corrected chi connectivity index (χ4v) is 1.56. The first-order valence-corrected chi connectivity index (χ1v) is 7.62. The Labute approximate surface area is 135 Å². The molecule has 1 aromatic rings. The van der Waals surface area contributed by atoms with Gasteiger partial charge in [0.15, 0.2) is 0 Å². The summed E-state index contributed by atoms with van der Waals surface area (Å²) >= 11 is 0. The lowest BCUT2D eigenvalue weighted by molar-refractivity contribution is -0.452. The molecule has 0 bridgehead atoms. The van der Waals surface area contributed by atoms with Gasteiger partial charge in [0, 0.05) is 0 Å². The van der Waals surface area contributed by atoms with Crippen LogP contribution >= 0.6 is 0 Å². The quantitative estimate of drug-likeness (QED) is 0.280. The molecule has 0 aliphatic carbocycles. The zero-order chi connectivity index (χ0) is 16.9. The summed E-state index contributed by atoms with van der Waals surface area (Å²) in [7, 11) is 0. The van der Waals surface area contributed by atoms with Gasteiger partial charge in [-0.15, -0.1) is 0 Å². The van der Waals surface area contributed by atoms with Crippen LogP contribution in [0.15, 0.2) is 24.3 Å². The molecular weight excluding hydrogens is 304 g/mol. The van der Waals surface area contributed by atoms with Crippen LogP contribution in [0.1, 0.15) is 49.9 Å². The van der Waals surface area contributed by atoms with Crippen LogP contribution in [0.4, 0.5) is 4.79 Å². The molecule has 0 aliphatic rings. The van der Waals surface area contributed by atoms with Gasteiger partial charge in [-0.2, -0.15) is 0 Å². The fraction of sp³-hybridized carbons (Fsp3) is 0.500. The average molecular weight is 326 g/mol. The summed E-state index contributed by atoms with van der Waals surface area (Å²) in [4.78, 5) is 31.2. The summed E-state index contributed by atoms with van der Waals surface area (Å²) < 4.78 is 10.1. The molecule has 0 unspecified atom stereocenters. The van der Waals surface area contributed by atoms with Crippen LogP contribution in [0.2, 0.25) is 0 Å². The van der Waals surface area contributed by atoms with Crippen LogP contribution in [0, 0.1) is 0 Å². The number of unbranched alkanes of at least 4 members (excludes halogenated alkanes) is 2. The second kappa shape index (κ2) is 11.3. The molecule has 0 saturated heterocycles. The van der Waals surface area contributed by atoms with Gasteiger partial charge in [0.25, 0.3) is 0 Å². The van der Waals surface area contributed by atoms with Crippen molar-refractivity contribution in [3.05, 3.63) is 29.8 Å². The maximum absolute atomic E-state index is 11.6. The molecule has 0 aliphatic heterocycles. The largest absolute Gasteiger partial charge is 0.543 e. The molecule has 23 heavy (non-hydrogen) atoms. The first-order valence-electron chi connectivity index (χ1n) is 7.62. The maximum Gasteiger partial charge on any atom is 0.543 e. The van der Waals surface area contributed by atoms with Crippen molar-refractivity contribution in [2.24, 2.45) is 0 Å². The van der Waals surface area contributed by atoms with Crippen molar-refractivity contribution in [2.45, 2.75) is 39.5 Å². The van der Waals surface area contributed by atoms with Gasteiger partial charge in [0.1, 0.15) is 5.75 Å². The number of rotatable bonds is 10. The Hall–Kier alpha value is -2.28. The Balaban J connectivity index is 2.24. The second-order valence-corrected chi connectivity index (χ2v) is 4.70. The summed E-state index contributed by atoms with van der Waals surface area (Å²) in [6, 6.07) is 6.30. The minimum atomic E-state index is -1.06. The molecule has 0 radical (unpaired) electrons. The zero-order valence-corrected chi connectivity index (χ0v) is 13.4. The van der Waals surface area contributed by atoms with E-state index in [1.54, 1.807) is 12.1 Å². The lowest BCUT2D eigenvalue weighted by atomic mass is 10.2. The van der Waals surface area contributed by atoms with Gasteiger partial charge in [-0.3, -0.25) is 4.89 Å². The van der Waals surface area contributed by atoms with Crippen molar-refractivity contribution in [1.82, 2.24) is 0 Å². The topological polar surface area (TPSA) is 80.3 Å². The van der Waals surface area contributed by atoms with Crippen LogP contribution in [0.25, 0.3) is 0 Å². The van der Waals surface area contributed by atoms with Gasteiger partial charge < -0.3 is 9.47 Å². The summed E-state index contributed by atoms with van der Waals surface area (Å²) in [6.45, 7) is 4.85. The molecule has 7 heteroatoms. The molecule has 0 saturated carbocycles. The second-order valence-electron chi connectivity index (χ2n) is 4.70. The first kappa shape index (κ1) is 18.8. The van der Waals surface area contributed by atoms with Gasteiger partial charge in [0.05, 0.1) is 23.8 Å². The molecule has 0 amide bonds. The average Bonchev–Trinajstić information content (AvgIpc) is 2.57. The Bertz CT molecular complexity index is 470.